The Bertz CT molecular complexity index is 946. The zero-order chi connectivity index (χ0) is 20.8. The first-order chi connectivity index (χ1) is 13.0. The molecule has 0 spiro atoms. The third kappa shape index (κ3) is 3.61. The fourth-order valence-corrected chi connectivity index (χ4v) is 3.10. The number of halogens is 5. The Kier molecular flexibility index (Phi) is 4.96. The van der Waals surface area contributed by atoms with Crippen LogP contribution in [0.15, 0.2) is 24.3 Å². The zero-order valence-corrected chi connectivity index (χ0v) is 15.0. The highest BCUT2D eigenvalue weighted by atomic mass is 35.5. The van der Waals surface area contributed by atoms with Crippen molar-refractivity contribution in [2.24, 2.45) is 12.8 Å². The van der Waals surface area contributed by atoms with Crippen LogP contribution in [0.4, 0.5) is 22.4 Å². The number of alkyl halides is 3. The van der Waals surface area contributed by atoms with Crippen LogP contribution in [0.2, 0.25) is 5.02 Å². The Morgan fingerprint density at radius 2 is 2.07 bits per heavy atom. The molecule has 1 saturated heterocycles. The highest BCUT2D eigenvalue weighted by Crippen LogP contribution is 2.37. The van der Waals surface area contributed by atoms with E-state index in [2.05, 4.69) is 5.10 Å². The minimum atomic E-state index is -4.72. The molecule has 2 N–H and O–H groups in total. The molecule has 1 aliphatic heterocycles. The van der Waals surface area contributed by atoms with Gasteiger partial charge >= 0.3 is 12.3 Å². The van der Waals surface area contributed by atoms with Gasteiger partial charge in [0.1, 0.15) is 11.9 Å². The third-order valence-electron chi connectivity index (χ3n) is 4.22. The van der Waals surface area contributed by atoms with Crippen LogP contribution >= 0.6 is 11.6 Å². The highest BCUT2D eigenvalue weighted by Gasteiger charge is 2.43. The van der Waals surface area contributed by atoms with Crippen LogP contribution in [0.5, 0.6) is 0 Å². The van der Waals surface area contributed by atoms with E-state index in [9.17, 15) is 27.2 Å². The summed E-state index contributed by atoms with van der Waals surface area (Å²) in [7, 11) is 1.26. The number of aromatic nitrogens is 2. The summed E-state index contributed by atoms with van der Waals surface area (Å²) < 4.78 is 58.6. The lowest BCUT2D eigenvalue weighted by atomic mass is 10.0. The molecule has 1 aliphatic rings. The van der Waals surface area contributed by atoms with Gasteiger partial charge < -0.3 is 10.5 Å². The summed E-state index contributed by atoms with van der Waals surface area (Å²) in [6.45, 7) is -0.305. The van der Waals surface area contributed by atoms with E-state index in [1.165, 1.54) is 19.2 Å². The van der Waals surface area contributed by atoms with Gasteiger partial charge in [-0.2, -0.15) is 18.3 Å². The van der Waals surface area contributed by atoms with Gasteiger partial charge in [0.15, 0.2) is 11.8 Å². The Morgan fingerprint density at radius 1 is 1.39 bits per heavy atom. The Labute approximate surface area is 160 Å². The maximum atomic E-state index is 13.6. The SMILES string of the molecule is Cn1nc(C(F)(F)F)cc1[C@H](c1ccc(F)c(Cl)c1)N1CC(C(N)=O)OC1=O. The number of primary amides is 1. The summed E-state index contributed by atoms with van der Waals surface area (Å²) >= 11 is 5.80. The second-order valence-electron chi connectivity index (χ2n) is 6.08. The van der Waals surface area contributed by atoms with Gasteiger partial charge in [-0.05, 0) is 23.8 Å². The van der Waals surface area contributed by atoms with Crippen molar-refractivity contribution in [3.05, 3.63) is 52.1 Å². The Balaban J connectivity index is 2.13. The average Bonchev–Trinajstić information content (AvgIpc) is 3.15. The molecule has 7 nitrogen and oxygen atoms in total. The van der Waals surface area contributed by atoms with Gasteiger partial charge in [0, 0.05) is 7.05 Å². The van der Waals surface area contributed by atoms with Crippen LogP contribution in [0.1, 0.15) is 23.0 Å². The molecule has 12 heteroatoms. The number of carbonyl (C=O) groups is 2. The summed E-state index contributed by atoms with van der Waals surface area (Å²) in [6, 6.07) is 3.03. The molecule has 1 aromatic carbocycles. The molecule has 1 unspecified atom stereocenters. The molecule has 2 amide bonds. The van der Waals surface area contributed by atoms with Crippen LogP contribution in [0.25, 0.3) is 0 Å². The smallest absolute Gasteiger partial charge is 0.434 e. The molecule has 2 heterocycles. The van der Waals surface area contributed by atoms with Crippen molar-refractivity contribution in [3.8, 4) is 0 Å². The first kappa shape index (κ1) is 19.9. The lowest BCUT2D eigenvalue weighted by molar-refractivity contribution is -0.141. The Hall–Kier alpha value is -2.82. The van der Waals surface area contributed by atoms with E-state index in [0.29, 0.717) is 0 Å². The number of amides is 2. The van der Waals surface area contributed by atoms with Crippen LogP contribution in [-0.4, -0.2) is 39.3 Å². The normalized spacial score (nSPS) is 18.3. The summed E-state index contributed by atoms with van der Waals surface area (Å²) in [6.07, 6.45) is -6.97. The van der Waals surface area contributed by atoms with Crippen molar-refractivity contribution in [1.29, 1.82) is 0 Å². The summed E-state index contributed by atoms with van der Waals surface area (Å²) in [4.78, 5) is 24.7. The van der Waals surface area contributed by atoms with Gasteiger partial charge in [-0.15, -0.1) is 0 Å². The number of nitrogens with two attached hydrogens (primary N) is 1. The molecule has 2 aromatic rings. The monoisotopic (exact) mass is 420 g/mol. The summed E-state index contributed by atoms with van der Waals surface area (Å²) in [5, 5.41) is 3.14. The molecule has 0 aliphatic carbocycles. The molecule has 0 saturated carbocycles. The standard InChI is InChI=1S/C16H13ClF4N4O3/c1-24-10(5-12(23-24)16(19,20)21)13(7-2-3-9(18)8(17)4-7)25-6-11(14(22)26)28-15(25)27/h2-5,11,13H,6H2,1H3,(H2,22,26)/t11?,13-/m0/s1. The average molecular weight is 421 g/mol. The van der Waals surface area contributed by atoms with Gasteiger partial charge in [0.25, 0.3) is 5.91 Å². The van der Waals surface area contributed by atoms with E-state index in [1.54, 1.807) is 0 Å². The topological polar surface area (TPSA) is 90.5 Å². The molecule has 28 heavy (non-hydrogen) atoms. The second kappa shape index (κ2) is 6.97. The van der Waals surface area contributed by atoms with E-state index < -0.39 is 41.8 Å². The Morgan fingerprint density at radius 3 is 2.57 bits per heavy atom. The first-order valence-electron chi connectivity index (χ1n) is 7.81. The first-order valence-corrected chi connectivity index (χ1v) is 8.19. The van der Waals surface area contributed by atoms with E-state index in [1.807, 2.05) is 0 Å². The van der Waals surface area contributed by atoms with Crippen LogP contribution < -0.4 is 5.73 Å². The van der Waals surface area contributed by atoms with E-state index in [-0.39, 0.29) is 22.8 Å². The van der Waals surface area contributed by atoms with Crippen molar-refractivity contribution >= 4 is 23.6 Å². The fourth-order valence-electron chi connectivity index (χ4n) is 2.91. The molecule has 3 rings (SSSR count). The lowest BCUT2D eigenvalue weighted by Gasteiger charge is -2.26. The zero-order valence-electron chi connectivity index (χ0n) is 14.2. The lowest BCUT2D eigenvalue weighted by Crippen LogP contribution is -2.35. The number of hydrogen-bond acceptors (Lipinski definition) is 4. The van der Waals surface area contributed by atoms with Crippen molar-refractivity contribution in [3.63, 3.8) is 0 Å². The van der Waals surface area contributed by atoms with Crippen molar-refractivity contribution in [2.75, 3.05) is 6.54 Å². The van der Waals surface area contributed by atoms with Gasteiger partial charge in [-0.1, -0.05) is 17.7 Å². The van der Waals surface area contributed by atoms with E-state index >= 15 is 0 Å². The number of ether oxygens (including phenoxy) is 1. The molecule has 0 bridgehead atoms. The molecular formula is C16H13ClF4N4O3. The van der Waals surface area contributed by atoms with Crippen LogP contribution in [0.3, 0.4) is 0 Å². The van der Waals surface area contributed by atoms with E-state index in [4.69, 9.17) is 22.1 Å². The predicted octanol–water partition coefficient (Wildman–Crippen LogP) is 2.63. The van der Waals surface area contributed by atoms with Crippen molar-refractivity contribution in [1.82, 2.24) is 14.7 Å². The largest absolute Gasteiger partial charge is 0.435 e. The highest BCUT2D eigenvalue weighted by molar-refractivity contribution is 6.30. The molecule has 0 radical (unpaired) electrons. The molecule has 150 valence electrons. The third-order valence-corrected chi connectivity index (χ3v) is 4.50. The quantitative estimate of drug-likeness (QED) is 0.770. The molecule has 2 atom stereocenters. The van der Waals surface area contributed by atoms with Gasteiger partial charge in [0.2, 0.25) is 0 Å². The number of cyclic esters (lactones) is 1. The minimum Gasteiger partial charge on any atom is -0.434 e. The fraction of sp³-hybridized carbons (Fsp3) is 0.312. The summed E-state index contributed by atoms with van der Waals surface area (Å²) in [5.41, 5.74) is 4.13. The van der Waals surface area contributed by atoms with Gasteiger partial charge in [-0.3, -0.25) is 14.4 Å². The maximum Gasteiger partial charge on any atom is 0.435 e. The van der Waals surface area contributed by atoms with E-state index in [0.717, 1.165) is 21.7 Å². The number of benzene rings is 1. The molecular weight excluding hydrogens is 408 g/mol. The van der Waals surface area contributed by atoms with Crippen molar-refractivity contribution < 1.29 is 31.9 Å². The molecule has 1 fully saturated rings. The van der Waals surface area contributed by atoms with Crippen LogP contribution in [0, 0.1) is 5.82 Å². The second-order valence-corrected chi connectivity index (χ2v) is 6.49. The van der Waals surface area contributed by atoms with Crippen molar-refractivity contribution in [2.45, 2.75) is 18.3 Å². The number of nitrogens with zero attached hydrogens (tertiary/aromatic N) is 3. The molecule has 1 aromatic heterocycles. The number of rotatable bonds is 4. The van der Waals surface area contributed by atoms with Crippen LogP contribution in [-0.2, 0) is 22.8 Å². The van der Waals surface area contributed by atoms with Gasteiger partial charge in [-0.25, -0.2) is 9.18 Å². The summed E-state index contributed by atoms with van der Waals surface area (Å²) in [5.74, 6) is -1.66. The number of hydrogen-bond donors (Lipinski definition) is 1. The number of carbonyl (C=O) groups excluding carboxylic acids is 2. The maximum absolute atomic E-state index is 13.6. The number of aryl methyl sites for hydroxylation is 1. The predicted molar refractivity (Wildman–Crippen MR) is 87.6 cm³/mol. The van der Waals surface area contributed by atoms with Gasteiger partial charge in [0.05, 0.1) is 17.3 Å². The minimum absolute atomic E-state index is 0.0444.